The molecule has 2 aliphatic rings. The number of benzene rings is 1. The second-order valence-electron chi connectivity index (χ2n) is 5.20. The monoisotopic (exact) mass is 262 g/mol. The number of hydrogen-bond acceptors (Lipinski definition) is 2. The highest BCUT2D eigenvalue weighted by Crippen LogP contribution is 2.34. The summed E-state index contributed by atoms with van der Waals surface area (Å²) in [5, 5.41) is 2.76. The zero-order chi connectivity index (χ0) is 13.4. The normalized spacial score (nSPS) is 23.4. The summed E-state index contributed by atoms with van der Waals surface area (Å²) in [6.07, 6.45) is 2.00. The molecule has 4 nitrogen and oxygen atoms in total. The fraction of sp³-hybridized carbons (Fsp3) is 0.429. The van der Waals surface area contributed by atoms with Crippen molar-refractivity contribution in [1.29, 1.82) is 0 Å². The van der Waals surface area contributed by atoms with Crippen LogP contribution in [0.4, 0.5) is 4.39 Å². The second-order valence-corrected chi connectivity index (χ2v) is 5.20. The summed E-state index contributed by atoms with van der Waals surface area (Å²) in [5.41, 5.74) is 0.832. The Balaban J connectivity index is 1.73. The van der Waals surface area contributed by atoms with E-state index in [0.29, 0.717) is 12.5 Å². The van der Waals surface area contributed by atoms with Gasteiger partial charge in [-0.1, -0.05) is 12.1 Å². The first-order chi connectivity index (χ1) is 9.13. The van der Waals surface area contributed by atoms with Gasteiger partial charge in [0.2, 0.25) is 11.8 Å². The van der Waals surface area contributed by atoms with Gasteiger partial charge in [-0.2, -0.15) is 0 Å². The van der Waals surface area contributed by atoms with Crippen LogP contribution in [0.3, 0.4) is 0 Å². The number of carbonyl (C=O) groups is 2. The molecule has 1 N–H and O–H groups in total. The zero-order valence-corrected chi connectivity index (χ0v) is 10.4. The second kappa shape index (κ2) is 4.64. The van der Waals surface area contributed by atoms with Crippen molar-refractivity contribution in [3.8, 4) is 0 Å². The van der Waals surface area contributed by atoms with Gasteiger partial charge in [0.1, 0.15) is 11.9 Å². The molecular formula is C14H15FN2O2. The summed E-state index contributed by atoms with van der Waals surface area (Å²) in [7, 11) is 0. The van der Waals surface area contributed by atoms with Crippen molar-refractivity contribution in [3.05, 3.63) is 35.6 Å². The first-order valence-corrected chi connectivity index (χ1v) is 6.46. The SMILES string of the molecule is O=C1CN(Cc2ccc(F)cc2)C(=O)C(C2CC2)N1. The first-order valence-electron chi connectivity index (χ1n) is 6.46. The predicted octanol–water partition coefficient (Wildman–Crippen LogP) is 1.06. The standard InChI is InChI=1S/C14H15FN2O2/c15-11-5-1-9(2-6-11)7-17-8-12(18)16-13(14(17)19)10-3-4-10/h1-2,5-6,10,13H,3-4,7-8H2,(H,16,18). The Morgan fingerprint density at radius 2 is 1.89 bits per heavy atom. The van der Waals surface area contributed by atoms with E-state index in [-0.39, 0.29) is 30.2 Å². The van der Waals surface area contributed by atoms with E-state index in [0.717, 1.165) is 18.4 Å². The molecule has 100 valence electrons. The molecule has 0 bridgehead atoms. The summed E-state index contributed by atoms with van der Waals surface area (Å²) in [4.78, 5) is 25.5. The molecule has 1 saturated carbocycles. The molecule has 1 heterocycles. The molecule has 5 heteroatoms. The van der Waals surface area contributed by atoms with Crippen LogP contribution in [0.15, 0.2) is 24.3 Å². The number of hydrogen-bond donors (Lipinski definition) is 1. The maximum absolute atomic E-state index is 12.8. The van der Waals surface area contributed by atoms with Gasteiger partial charge in [-0.3, -0.25) is 9.59 Å². The summed E-state index contributed by atoms with van der Waals surface area (Å²) >= 11 is 0. The Labute approximate surface area is 110 Å². The number of carbonyl (C=O) groups excluding carboxylic acids is 2. The van der Waals surface area contributed by atoms with Crippen molar-refractivity contribution < 1.29 is 14.0 Å². The van der Waals surface area contributed by atoms with Gasteiger partial charge in [-0.25, -0.2) is 4.39 Å². The molecule has 1 saturated heterocycles. The number of amides is 2. The molecule has 2 fully saturated rings. The van der Waals surface area contributed by atoms with E-state index in [1.54, 1.807) is 17.0 Å². The lowest BCUT2D eigenvalue weighted by Crippen LogP contribution is -2.58. The number of rotatable bonds is 3. The van der Waals surface area contributed by atoms with Crippen LogP contribution in [-0.2, 0) is 16.1 Å². The number of nitrogens with zero attached hydrogens (tertiary/aromatic N) is 1. The lowest BCUT2D eigenvalue weighted by atomic mass is 10.1. The van der Waals surface area contributed by atoms with Gasteiger partial charge in [0, 0.05) is 6.54 Å². The van der Waals surface area contributed by atoms with Crippen molar-refractivity contribution in [3.63, 3.8) is 0 Å². The third kappa shape index (κ3) is 2.59. The average Bonchev–Trinajstić information content (AvgIpc) is 3.20. The zero-order valence-electron chi connectivity index (χ0n) is 10.4. The van der Waals surface area contributed by atoms with E-state index >= 15 is 0 Å². The molecule has 0 spiro atoms. The van der Waals surface area contributed by atoms with Crippen LogP contribution in [0.1, 0.15) is 18.4 Å². The van der Waals surface area contributed by atoms with Crippen LogP contribution in [0.5, 0.6) is 0 Å². The molecular weight excluding hydrogens is 247 g/mol. The summed E-state index contributed by atoms with van der Waals surface area (Å²) in [6.45, 7) is 0.440. The smallest absolute Gasteiger partial charge is 0.246 e. The lowest BCUT2D eigenvalue weighted by Gasteiger charge is -2.32. The summed E-state index contributed by atoms with van der Waals surface area (Å²) in [5.74, 6) is -0.139. The van der Waals surface area contributed by atoms with Gasteiger partial charge in [-0.15, -0.1) is 0 Å². The molecule has 0 aromatic heterocycles. The molecule has 19 heavy (non-hydrogen) atoms. The Hall–Kier alpha value is -1.91. The summed E-state index contributed by atoms with van der Waals surface area (Å²) < 4.78 is 12.8. The van der Waals surface area contributed by atoms with Crippen LogP contribution in [0.25, 0.3) is 0 Å². The molecule has 1 unspecified atom stereocenters. The van der Waals surface area contributed by atoms with Gasteiger partial charge in [0.05, 0.1) is 6.54 Å². The van der Waals surface area contributed by atoms with Gasteiger partial charge in [-0.05, 0) is 36.5 Å². The van der Waals surface area contributed by atoms with Gasteiger partial charge >= 0.3 is 0 Å². The first kappa shape index (κ1) is 12.1. The van der Waals surface area contributed by atoms with Crippen molar-refractivity contribution in [2.75, 3.05) is 6.54 Å². The van der Waals surface area contributed by atoms with Crippen LogP contribution in [-0.4, -0.2) is 29.3 Å². The predicted molar refractivity (Wildman–Crippen MR) is 66.5 cm³/mol. The maximum atomic E-state index is 12.8. The van der Waals surface area contributed by atoms with Gasteiger partial charge in [0.15, 0.2) is 0 Å². The highest BCUT2D eigenvalue weighted by atomic mass is 19.1. The lowest BCUT2D eigenvalue weighted by molar-refractivity contribution is -0.145. The molecule has 1 aromatic rings. The highest BCUT2D eigenvalue weighted by Gasteiger charge is 2.42. The minimum atomic E-state index is -0.360. The Morgan fingerprint density at radius 3 is 2.53 bits per heavy atom. The Kier molecular flexibility index (Phi) is 2.97. The molecule has 1 atom stereocenters. The fourth-order valence-electron chi connectivity index (χ4n) is 2.42. The van der Waals surface area contributed by atoms with E-state index in [1.165, 1.54) is 12.1 Å². The molecule has 3 rings (SSSR count). The van der Waals surface area contributed by atoms with E-state index in [2.05, 4.69) is 5.32 Å². The minimum absolute atomic E-state index is 0.0218. The Bertz CT molecular complexity index is 511. The van der Waals surface area contributed by atoms with E-state index < -0.39 is 0 Å². The molecule has 2 amide bonds. The van der Waals surface area contributed by atoms with Crippen molar-refractivity contribution in [2.24, 2.45) is 5.92 Å². The van der Waals surface area contributed by atoms with Gasteiger partial charge < -0.3 is 10.2 Å². The number of halogens is 1. The summed E-state index contributed by atoms with van der Waals surface area (Å²) in [6, 6.07) is 5.65. The van der Waals surface area contributed by atoms with E-state index in [4.69, 9.17) is 0 Å². The third-order valence-corrected chi connectivity index (χ3v) is 3.61. The van der Waals surface area contributed by atoms with Crippen LogP contribution < -0.4 is 5.32 Å². The molecule has 1 aliphatic heterocycles. The van der Waals surface area contributed by atoms with Crippen molar-refractivity contribution >= 4 is 11.8 Å². The van der Waals surface area contributed by atoms with Crippen molar-refractivity contribution in [1.82, 2.24) is 10.2 Å². The number of piperazine rings is 1. The molecule has 1 aromatic carbocycles. The number of nitrogens with one attached hydrogen (secondary N) is 1. The fourth-order valence-corrected chi connectivity index (χ4v) is 2.42. The average molecular weight is 262 g/mol. The van der Waals surface area contributed by atoms with Gasteiger partial charge in [0.25, 0.3) is 0 Å². The van der Waals surface area contributed by atoms with Crippen LogP contribution in [0.2, 0.25) is 0 Å². The Morgan fingerprint density at radius 1 is 1.21 bits per heavy atom. The molecule has 1 aliphatic carbocycles. The van der Waals surface area contributed by atoms with Crippen LogP contribution in [0, 0.1) is 11.7 Å². The van der Waals surface area contributed by atoms with E-state index in [1.807, 2.05) is 0 Å². The third-order valence-electron chi connectivity index (χ3n) is 3.61. The topological polar surface area (TPSA) is 49.4 Å². The quantitative estimate of drug-likeness (QED) is 0.885. The largest absolute Gasteiger partial charge is 0.342 e. The highest BCUT2D eigenvalue weighted by molar-refractivity contribution is 5.95. The molecule has 0 radical (unpaired) electrons. The maximum Gasteiger partial charge on any atom is 0.246 e. The van der Waals surface area contributed by atoms with Crippen molar-refractivity contribution in [2.45, 2.75) is 25.4 Å². The minimum Gasteiger partial charge on any atom is -0.342 e. The van der Waals surface area contributed by atoms with Crippen LogP contribution >= 0.6 is 0 Å². The van der Waals surface area contributed by atoms with E-state index in [9.17, 15) is 14.0 Å².